The Hall–Kier alpha value is -1.96. The average Bonchev–Trinajstić information content (AvgIpc) is 2.52. The van der Waals surface area contributed by atoms with Gasteiger partial charge in [-0.05, 0) is 36.2 Å². The van der Waals surface area contributed by atoms with Crippen molar-refractivity contribution in [1.29, 1.82) is 0 Å². The van der Waals surface area contributed by atoms with E-state index >= 15 is 0 Å². The molecule has 0 amide bonds. The predicted molar refractivity (Wildman–Crippen MR) is 82.2 cm³/mol. The summed E-state index contributed by atoms with van der Waals surface area (Å²) >= 11 is 0. The topological polar surface area (TPSA) is 18.5 Å². The third kappa shape index (κ3) is 4.96. The summed E-state index contributed by atoms with van der Waals surface area (Å²) in [5.41, 5.74) is 1.17. The Morgan fingerprint density at radius 3 is 2.05 bits per heavy atom. The molecule has 2 nitrogen and oxygen atoms in total. The van der Waals surface area contributed by atoms with Gasteiger partial charge in [0, 0.05) is 0 Å². The Bertz CT molecular complexity index is 477. The fraction of sp³-hybridized carbons (Fsp3) is 0.333. The molecule has 2 heteroatoms. The number of hydrogen-bond donors (Lipinski definition) is 0. The molecular weight excluding hydrogens is 248 g/mol. The maximum absolute atomic E-state index is 5.73. The third-order valence-corrected chi connectivity index (χ3v) is 3.09. The number of benzene rings is 2. The highest BCUT2D eigenvalue weighted by atomic mass is 16.5. The van der Waals surface area contributed by atoms with E-state index in [1.807, 2.05) is 42.5 Å². The maximum atomic E-state index is 5.73. The fourth-order valence-corrected chi connectivity index (χ4v) is 1.92. The van der Waals surface area contributed by atoms with Crippen LogP contribution in [0.15, 0.2) is 54.6 Å². The molecule has 0 saturated carbocycles. The van der Waals surface area contributed by atoms with E-state index in [1.54, 1.807) is 0 Å². The smallest absolute Gasteiger partial charge is 0.120 e. The largest absolute Gasteiger partial charge is 0.494 e. The van der Waals surface area contributed by atoms with Crippen LogP contribution in [0.4, 0.5) is 0 Å². The van der Waals surface area contributed by atoms with Crippen LogP contribution < -0.4 is 9.47 Å². The van der Waals surface area contributed by atoms with Gasteiger partial charge in [-0.3, -0.25) is 0 Å². The number of ether oxygens (including phenoxy) is 2. The van der Waals surface area contributed by atoms with Crippen molar-refractivity contribution in [1.82, 2.24) is 0 Å². The molecule has 0 heterocycles. The summed E-state index contributed by atoms with van der Waals surface area (Å²) in [5, 5.41) is 0. The first kappa shape index (κ1) is 14.4. The van der Waals surface area contributed by atoms with E-state index < -0.39 is 0 Å². The van der Waals surface area contributed by atoms with Gasteiger partial charge in [0.15, 0.2) is 0 Å². The summed E-state index contributed by atoms with van der Waals surface area (Å²) in [4.78, 5) is 0. The van der Waals surface area contributed by atoms with Gasteiger partial charge in [-0.25, -0.2) is 0 Å². The number of rotatable bonds is 8. The first-order chi connectivity index (χ1) is 9.88. The quantitative estimate of drug-likeness (QED) is 0.639. The van der Waals surface area contributed by atoms with Crippen molar-refractivity contribution in [2.24, 2.45) is 0 Å². The Labute approximate surface area is 121 Å². The predicted octanol–water partition coefficient (Wildman–Crippen LogP) is 4.83. The fourth-order valence-electron chi connectivity index (χ4n) is 1.92. The van der Waals surface area contributed by atoms with Crippen LogP contribution in [0.25, 0.3) is 0 Å². The molecule has 2 rings (SSSR count). The van der Waals surface area contributed by atoms with Gasteiger partial charge in [0.2, 0.25) is 0 Å². The van der Waals surface area contributed by atoms with E-state index in [1.165, 1.54) is 18.4 Å². The normalized spacial score (nSPS) is 10.2. The van der Waals surface area contributed by atoms with Crippen LogP contribution in [-0.4, -0.2) is 6.61 Å². The van der Waals surface area contributed by atoms with Crippen LogP contribution >= 0.6 is 0 Å². The lowest BCUT2D eigenvalue weighted by Crippen LogP contribution is -1.97. The molecule has 0 aliphatic rings. The van der Waals surface area contributed by atoms with Gasteiger partial charge < -0.3 is 9.47 Å². The molecule has 0 spiro atoms. The lowest BCUT2D eigenvalue weighted by Gasteiger charge is -2.08. The summed E-state index contributed by atoms with van der Waals surface area (Å²) in [6.45, 7) is 3.58. The standard InChI is InChI=1S/C18H22O2/c1-2-3-7-14-19-17-10-12-18(13-11-17)20-15-16-8-5-4-6-9-16/h4-6,8-13H,2-3,7,14-15H2,1H3. The van der Waals surface area contributed by atoms with E-state index in [-0.39, 0.29) is 0 Å². The molecule has 0 fully saturated rings. The highest BCUT2D eigenvalue weighted by Gasteiger charge is 1.97. The SMILES string of the molecule is CCCCCOc1ccc(OCc2ccccc2)cc1. The van der Waals surface area contributed by atoms with Crippen molar-refractivity contribution >= 4 is 0 Å². The van der Waals surface area contributed by atoms with Gasteiger partial charge >= 0.3 is 0 Å². The first-order valence-electron chi connectivity index (χ1n) is 7.28. The molecule has 0 aliphatic heterocycles. The van der Waals surface area contributed by atoms with E-state index in [9.17, 15) is 0 Å². The maximum Gasteiger partial charge on any atom is 0.120 e. The first-order valence-corrected chi connectivity index (χ1v) is 7.28. The zero-order chi connectivity index (χ0) is 14.0. The van der Waals surface area contributed by atoms with Crippen molar-refractivity contribution in [2.75, 3.05) is 6.61 Å². The second-order valence-corrected chi connectivity index (χ2v) is 4.80. The van der Waals surface area contributed by atoms with Gasteiger partial charge in [0.05, 0.1) is 6.61 Å². The summed E-state index contributed by atoms with van der Waals surface area (Å²) in [6.07, 6.45) is 3.55. The van der Waals surface area contributed by atoms with Crippen molar-refractivity contribution in [3.05, 3.63) is 60.2 Å². The molecular formula is C18H22O2. The van der Waals surface area contributed by atoms with Crippen molar-refractivity contribution in [2.45, 2.75) is 32.8 Å². The van der Waals surface area contributed by atoms with E-state index in [4.69, 9.17) is 9.47 Å². The minimum atomic E-state index is 0.595. The second kappa shape index (κ2) is 8.26. The average molecular weight is 270 g/mol. The summed E-state index contributed by atoms with van der Waals surface area (Å²) < 4.78 is 11.4. The van der Waals surface area contributed by atoms with Crippen molar-refractivity contribution in [3.63, 3.8) is 0 Å². The Balaban J connectivity index is 1.76. The second-order valence-electron chi connectivity index (χ2n) is 4.80. The minimum Gasteiger partial charge on any atom is -0.494 e. The van der Waals surface area contributed by atoms with Crippen molar-refractivity contribution in [3.8, 4) is 11.5 Å². The molecule has 2 aromatic rings. The van der Waals surface area contributed by atoms with Gasteiger partial charge in [-0.2, -0.15) is 0 Å². The van der Waals surface area contributed by atoms with Gasteiger partial charge in [-0.15, -0.1) is 0 Å². The van der Waals surface area contributed by atoms with Crippen LogP contribution in [0.3, 0.4) is 0 Å². The Morgan fingerprint density at radius 2 is 1.40 bits per heavy atom. The zero-order valence-corrected chi connectivity index (χ0v) is 12.0. The highest BCUT2D eigenvalue weighted by Crippen LogP contribution is 2.19. The van der Waals surface area contributed by atoms with Crippen LogP contribution in [0.2, 0.25) is 0 Å². The summed E-state index contributed by atoms with van der Waals surface area (Å²) in [6, 6.07) is 18.0. The van der Waals surface area contributed by atoms with E-state index in [0.717, 1.165) is 24.5 Å². The minimum absolute atomic E-state index is 0.595. The summed E-state index contributed by atoms with van der Waals surface area (Å²) in [7, 11) is 0. The van der Waals surface area contributed by atoms with Crippen LogP contribution in [0.5, 0.6) is 11.5 Å². The van der Waals surface area contributed by atoms with Gasteiger partial charge in [0.25, 0.3) is 0 Å². The number of hydrogen-bond acceptors (Lipinski definition) is 2. The Kier molecular flexibility index (Phi) is 5.97. The zero-order valence-electron chi connectivity index (χ0n) is 12.0. The van der Waals surface area contributed by atoms with Crippen molar-refractivity contribution < 1.29 is 9.47 Å². The molecule has 0 aromatic heterocycles. The van der Waals surface area contributed by atoms with Gasteiger partial charge in [-0.1, -0.05) is 50.1 Å². The third-order valence-electron chi connectivity index (χ3n) is 3.09. The van der Waals surface area contributed by atoms with Crippen LogP contribution in [0, 0.1) is 0 Å². The molecule has 0 bridgehead atoms. The molecule has 0 N–H and O–H groups in total. The van der Waals surface area contributed by atoms with Crippen LogP contribution in [0.1, 0.15) is 31.7 Å². The lowest BCUT2D eigenvalue weighted by atomic mass is 10.2. The molecule has 0 aliphatic carbocycles. The highest BCUT2D eigenvalue weighted by molar-refractivity contribution is 5.31. The molecule has 0 unspecified atom stereocenters. The molecule has 2 aromatic carbocycles. The monoisotopic (exact) mass is 270 g/mol. The van der Waals surface area contributed by atoms with E-state index in [0.29, 0.717) is 6.61 Å². The number of unbranched alkanes of at least 4 members (excludes halogenated alkanes) is 2. The molecule has 20 heavy (non-hydrogen) atoms. The van der Waals surface area contributed by atoms with Gasteiger partial charge in [0.1, 0.15) is 18.1 Å². The van der Waals surface area contributed by atoms with Crippen LogP contribution in [-0.2, 0) is 6.61 Å². The summed E-state index contributed by atoms with van der Waals surface area (Å²) in [5.74, 6) is 1.78. The molecule has 0 atom stereocenters. The molecule has 0 saturated heterocycles. The molecule has 0 radical (unpaired) electrons. The lowest BCUT2D eigenvalue weighted by molar-refractivity contribution is 0.297. The Morgan fingerprint density at radius 1 is 0.750 bits per heavy atom. The van der Waals surface area contributed by atoms with E-state index in [2.05, 4.69) is 19.1 Å². The molecule has 106 valence electrons.